The maximum atomic E-state index is 12.1. The molecule has 1 N–H and O–H groups in total. The van der Waals surface area contributed by atoms with Gasteiger partial charge in [-0.15, -0.1) is 0 Å². The number of carbonyl (C=O) groups is 1. The highest BCUT2D eigenvalue weighted by atomic mass is 127. The molecular weight excluding hydrogens is 415 g/mol. The average Bonchev–Trinajstić information content (AvgIpc) is 2.73. The quantitative estimate of drug-likeness (QED) is 0.450. The number of fused-ring (bicyclic) bond motifs is 3. The lowest BCUT2D eigenvalue weighted by Gasteiger charge is -2.63. The summed E-state index contributed by atoms with van der Waals surface area (Å²) >= 11 is 2.08. The van der Waals surface area contributed by atoms with Gasteiger partial charge in [0.2, 0.25) is 0 Å². The van der Waals surface area contributed by atoms with E-state index in [1.165, 1.54) is 18.4 Å². The van der Waals surface area contributed by atoms with E-state index in [-0.39, 0.29) is 11.0 Å². The molecule has 0 aromatic carbocycles. The van der Waals surface area contributed by atoms with Gasteiger partial charge in [0.15, 0.2) is 0 Å². The molecule has 4 saturated carbocycles. The molecule has 134 valence electrons. The minimum atomic E-state index is -0.578. The largest absolute Gasteiger partial charge is 0.481 e. The third-order valence-corrected chi connectivity index (χ3v) is 9.61. The van der Waals surface area contributed by atoms with E-state index in [1.54, 1.807) is 0 Å². The Morgan fingerprint density at radius 1 is 1.21 bits per heavy atom. The molecule has 3 nitrogen and oxygen atoms in total. The van der Waals surface area contributed by atoms with Crippen LogP contribution < -0.4 is 0 Å². The van der Waals surface area contributed by atoms with Gasteiger partial charge in [-0.1, -0.05) is 19.9 Å². The fraction of sp³-hybridized carbons (Fsp3) is 0.850. The second-order valence-electron chi connectivity index (χ2n) is 9.66. The molecule has 1 spiro atoms. The summed E-state index contributed by atoms with van der Waals surface area (Å²) in [7, 11) is 0. The summed E-state index contributed by atoms with van der Waals surface area (Å²) in [6.45, 7) is 8.82. The van der Waals surface area contributed by atoms with Gasteiger partial charge in [0, 0.05) is 0 Å². The molecule has 4 aliphatic rings. The van der Waals surface area contributed by atoms with Crippen LogP contribution in [-0.2, 0) is 7.86 Å². The van der Waals surface area contributed by atoms with Crippen LogP contribution >= 0.6 is 23.0 Å². The van der Waals surface area contributed by atoms with Gasteiger partial charge in [0.1, 0.15) is 28.6 Å². The van der Waals surface area contributed by atoms with Gasteiger partial charge in [0.05, 0.1) is 5.41 Å². The summed E-state index contributed by atoms with van der Waals surface area (Å²) < 4.78 is 5.95. The highest BCUT2D eigenvalue weighted by Gasteiger charge is 2.68. The van der Waals surface area contributed by atoms with E-state index in [2.05, 4.69) is 36.5 Å². The molecule has 6 atom stereocenters. The molecule has 4 aliphatic carbocycles. The number of carboxylic acid groups (broad SMARTS) is 1. The number of halogens is 1. The van der Waals surface area contributed by atoms with E-state index >= 15 is 0 Å². The lowest BCUT2D eigenvalue weighted by Crippen LogP contribution is -2.59. The van der Waals surface area contributed by atoms with Crippen LogP contribution in [0.3, 0.4) is 0 Å². The molecule has 4 heteroatoms. The predicted molar refractivity (Wildman–Crippen MR) is 102 cm³/mol. The van der Waals surface area contributed by atoms with Crippen molar-refractivity contribution in [3.63, 3.8) is 0 Å². The lowest BCUT2D eigenvalue weighted by atomic mass is 9.41. The first-order chi connectivity index (χ1) is 11.2. The smallest absolute Gasteiger partial charge is 0.309 e. The molecule has 2 bridgehead atoms. The third kappa shape index (κ3) is 1.96. The lowest BCUT2D eigenvalue weighted by molar-refractivity contribution is -0.184. The zero-order valence-corrected chi connectivity index (χ0v) is 17.0. The van der Waals surface area contributed by atoms with E-state index in [0.29, 0.717) is 17.3 Å². The third-order valence-electron chi connectivity index (χ3n) is 8.76. The molecule has 0 saturated heterocycles. The minimum Gasteiger partial charge on any atom is -0.481 e. The van der Waals surface area contributed by atoms with Gasteiger partial charge in [-0.25, -0.2) is 0 Å². The van der Waals surface area contributed by atoms with Gasteiger partial charge in [0.25, 0.3) is 0 Å². The summed E-state index contributed by atoms with van der Waals surface area (Å²) in [6, 6.07) is 0. The van der Waals surface area contributed by atoms with E-state index in [1.807, 2.05) is 6.92 Å². The Hall–Kier alpha value is -0.100. The van der Waals surface area contributed by atoms with Gasteiger partial charge in [-0.3, -0.25) is 4.79 Å². The standard InChI is InChI=1S/C20H29IO3/c1-13-11-19-9-5-14-17(2,7-4-8-18(14,3)16(22)23)15(19)6-10-20(13,12-19)24-21/h14-15H,1,4-12H2,2-3H3,(H,22,23). The Bertz CT molecular complexity index is 604. The summed E-state index contributed by atoms with van der Waals surface area (Å²) in [4.78, 5) is 12.1. The van der Waals surface area contributed by atoms with Crippen molar-refractivity contribution in [3.05, 3.63) is 12.2 Å². The van der Waals surface area contributed by atoms with Crippen LogP contribution in [0.1, 0.15) is 71.6 Å². The van der Waals surface area contributed by atoms with Crippen molar-refractivity contribution in [2.45, 2.75) is 77.2 Å². The van der Waals surface area contributed by atoms with Crippen molar-refractivity contribution in [1.82, 2.24) is 0 Å². The molecule has 0 amide bonds. The van der Waals surface area contributed by atoms with Crippen molar-refractivity contribution in [3.8, 4) is 0 Å². The van der Waals surface area contributed by atoms with Crippen LogP contribution in [0.15, 0.2) is 12.2 Å². The average molecular weight is 444 g/mol. The zero-order valence-electron chi connectivity index (χ0n) is 14.9. The van der Waals surface area contributed by atoms with Crippen LogP contribution in [0.4, 0.5) is 0 Å². The first kappa shape index (κ1) is 17.3. The van der Waals surface area contributed by atoms with Gasteiger partial charge in [-0.2, -0.15) is 0 Å². The molecule has 0 aromatic heterocycles. The maximum Gasteiger partial charge on any atom is 0.309 e. The number of aliphatic carboxylic acids is 1. The molecular formula is C20H29IO3. The number of hydrogen-bond acceptors (Lipinski definition) is 2. The van der Waals surface area contributed by atoms with Crippen LogP contribution in [0.2, 0.25) is 0 Å². The number of carboxylic acids is 1. The summed E-state index contributed by atoms with van der Waals surface area (Å²) in [5.41, 5.74) is 1.11. The van der Waals surface area contributed by atoms with E-state index < -0.39 is 11.4 Å². The Balaban J connectivity index is 1.74. The molecule has 0 radical (unpaired) electrons. The number of rotatable bonds is 2. The molecule has 0 aliphatic heterocycles. The topological polar surface area (TPSA) is 46.5 Å². The molecule has 6 unspecified atom stereocenters. The van der Waals surface area contributed by atoms with Crippen LogP contribution in [0, 0.1) is 28.1 Å². The van der Waals surface area contributed by atoms with E-state index in [9.17, 15) is 9.90 Å². The van der Waals surface area contributed by atoms with Crippen molar-refractivity contribution < 1.29 is 13.0 Å². The van der Waals surface area contributed by atoms with Crippen molar-refractivity contribution in [2.75, 3.05) is 0 Å². The number of hydrogen-bond donors (Lipinski definition) is 1. The molecule has 24 heavy (non-hydrogen) atoms. The van der Waals surface area contributed by atoms with Gasteiger partial charge in [-0.05, 0) is 86.5 Å². The highest BCUT2D eigenvalue weighted by molar-refractivity contribution is 14.1. The summed E-state index contributed by atoms with van der Waals surface area (Å²) in [5.74, 6) is 0.362. The van der Waals surface area contributed by atoms with Gasteiger partial charge < -0.3 is 8.17 Å². The van der Waals surface area contributed by atoms with Crippen molar-refractivity contribution in [1.29, 1.82) is 0 Å². The first-order valence-electron chi connectivity index (χ1n) is 9.44. The van der Waals surface area contributed by atoms with Crippen LogP contribution in [0.25, 0.3) is 0 Å². The van der Waals surface area contributed by atoms with Crippen LogP contribution in [-0.4, -0.2) is 16.7 Å². The molecule has 4 fully saturated rings. The second-order valence-corrected chi connectivity index (χ2v) is 10.1. The Morgan fingerprint density at radius 2 is 1.92 bits per heavy atom. The highest BCUT2D eigenvalue weighted by Crippen LogP contribution is 2.73. The van der Waals surface area contributed by atoms with E-state index in [4.69, 9.17) is 3.07 Å². The normalized spacial score (nSPS) is 53.4. The Labute approximate surface area is 159 Å². The molecule has 0 heterocycles. The fourth-order valence-electron chi connectivity index (χ4n) is 7.70. The van der Waals surface area contributed by atoms with Crippen molar-refractivity contribution in [2.24, 2.45) is 28.1 Å². The summed E-state index contributed by atoms with van der Waals surface area (Å²) in [5, 5.41) is 9.96. The SMILES string of the molecule is C=C1CC23CCC4C(C)(C(=O)O)CCCC4(C)C2CCC1(OI)C3. The fourth-order valence-corrected chi connectivity index (χ4v) is 8.39. The first-order valence-corrected chi connectivity index (χ1v) is 10.3. The van der Waals surface area contributed by atoms with Gasteiger partial charge >= 0.3 is 5.97 Å². The second kappa shape index (κ2) is 5.21. The Kier molecular flexibility index (Phi) is 3.76. The monoisotopic (exact) mass is 444 g/mol. The molecule has 0 aromatic rings. The van der Waals surface area contributed by atoms with Crippen LogP contribution in [0.5, 0.6) is 0 Å². The van der Waals surface area contributed by atoms with E-state index in [0.717, 1.165) is 44.9 Å². The Morgan fingerprint density at radius 3 is 2.58 bits per heavy atom. The maximum absolute atomic E-state index is 12.1. The minimum absolute atomic E-state index is 0.106. The van der Waals surface area contributed by atoms with Crippen molar-refractivity contribution >= 4 is 29.0 Å². The predicted octanol–water partition coefficient (Wildman–Crippen LogP) is 5.53. The zero-order chi connectivity index (χ0) is 17.4. The molecule has 4 rings (SSSR count). The summed E-state index contributed by atoms with van der Waals surface area (Å²) in [6.07, 6.45) is 9.73.